The minimum absolute atomic E-state index is 0.703. The Kier molecular flexibility index (Phi) is 1.52. The Morgan fingerprint density at radius 1 is 1.54 bits per heavy atom. The summed E-state index contributed by atoms with van der Waals surface area (Å²) in [5.41, 5.74) is 1.27. The van der Waals surface area contributed by atoms with Gasteiger partial charge in [0, 0.05) is 31.4 Å². The number of nitrogens with zero attached hydrogens (tertiary/aromatic N) is 2. The van der Waals surface area contributed by atoms with Crippen LogP contribution in [0.5, 0.6) is 0 Å². The lowest BCUT2D eigenvalue weighted by molar-refractivity contribution is 0.579. The largest absolute Gasteiger partial charge is 0.364 e. The minimum atomic E-state index is 0.703. The van der Waals surface area contributed by atoms with Crippen molar-refractivity contribution in [1.29, 1.82) is 0 Å². The highest BCUT2D eigenvalue weighted by molar-refractivity contribution is 5.47. The maximum absolute atomic E-state index is 4.15. The molecule has 0 radical (unpaired) electrons. The normalized spacial score (nSPS) is 31.2. The molecule has 0 aliphatic carbocycles. The molecule has 3 nitrogen and oxygen atoms in total. The Labute approximate surface area is 77.8 Å². The molecule has 13 heavy (non-hydrogen) atoms. The highest BCUT2D eigenvalue weighted by atomic mass is 15.3. The second kappa shape index (κ2) is 2.70. The first kappa shape index (κ1) is 7.33. The summed E-state index contributed by atoms with van der Waals surface area (Å²) in [6.07, 6.45) is 5.09. The summed E-state index contributed by atoms with van der Waals surface area (Å²) in [5, 5.41) is 3.49. The van der Waals surface area contributed by atoms with Gasteiger partial charge in [0.15, 0.2) is 0 Å². The topological polar surface area (TPSA) is 28.2 Å². The second-order valence-corrected chi connectivity index (χ2v) is 3.86. The fourth-order valence-corrected chi connectivity index (χ4v) is 2.40. The molecule has 68 valence electrons. The molecular formula is C10H13N3. The number of aromatic nitrogens is 1. The lowest BCUT2D eigenvalue weighted by Gasteiger charge is -2.29. The Hall–Kier alpha value is -1.09. The van der Waals surface area contributed by atoms with E-state index in [4.69, 9.17) is 0 Å². The van der Waals surface area contributed by atoms with Crippen LogP contribution < -0.4 is 10.2 Å². The van der Waals surface area contributed by atoms with E-state index < -0.39 is 0 Å². The molecule has 2 saturated heterocycles. The van der Waals surface area contributed by atoms with Crippen LogP contribution in [0.1, 0.15) is 6.42 Å². The first-order valence-electron chi connectivity index (χ1n) is 4.83. The third-order valence-corrected chi connectivity index (χ3v) is 3.03. The van der Waals surface area contributed by atoms with Gasteiger partial charge in [-0.1, -0.05) is 0 Å². The van der Waals surface area contributed by atoms with Crippen molar-refractivity contribution in [2.45, 2.75) is 18.5 Å². The van der Waals surface area contributed by atoms with Gasteiger partial charge >= 0.3 is 0 Å². The van der Waals surface area contributed by atoms with Crippen molar-refractivity contribution < 1.29 is 0 Å². The Morgan fingerprint density at radius 2 is 2.54 bits per heavy atom. The van der Waals surface area contributed by atoms with Crippen molar-refractivity contribution in [3.8, 4) is 0 Å². The molecule has 0 saturated carbocycles. The standard InChI is InChI=1S/C10H13N3/c1-2-9(5-11-3-1)13-7-8-4-10(13)6-12-8/h1-3,5,8,10,12H,4,6-7H2/t8-,10-/m0/s1. The summed E-state index contributed by atoms with van der Waals surface area (Å²) in [4.78, 5) is 6.62. The van der Waals surface area contributed by atoms with Crippen molar-refractivity contribution in [3.05, 3.63) is 24.5 Å². The first-order chi connectivity index (χ1) is 6.43. The number of piperazine rings is 1. The second-order valence-electron chi connectivity index (χ2n) is 3.86. The van der Waals surface area contributed by atoms with Crippen molar-refractivity contribution in [2.24, 2.45) is 0 Å². The Balaban J connectivity index is 1.87. The molecule has 0 spiro atoms. The highest BCUT2D eigenvalue weighted by Crippen LogP contribution is 2.28. The molecule has 2 atom stereocenters. The third-order valence-electron chi connectivity index (χ3n) is 3.03. The zero-order valence-corrected chi connectivity index (χ0v) is 7.48. The van der Waals surface area contributed by atoms with Gasteiger partial charge in [0.1, 0.15) is 0 Å². The molecule has 3 rings (SSSR count). The van der Waals surface area contributed by atoms with Crippen molar-refractivity contribution in [2.75, 3.05) is 18.0 Å². The maximum atomic E-state index is 4.15. The van der Waals surface area contributed by atoms with E-state index in [1.807, 2.05) is 18.5 Å². The molecule has 3 heteroatoms. The van der Waals surface area contributed by atoms with Crippen molar-refractivity contribution >= 4 is 5.69 Å². The average molecular weight is 175 g/mol. The summed E-state index contributed by atoms with van der Waals surface area (Å²) < 4.78 is 0. The van der Waals surface area contributed by atoms with Crippen LogP contribution in [0.3, 0.4) is 0 Å². The van der Waals surface area contributed by atoms with Crippen LogP contribution >= 0.6 is 0 Å². The van der Waals surface area contributed by atoms with Crippen LogP contribution in [-0.4, -0.2) is 30.2 Å². The van der Waals surface area contributed by atoms with Gasteiger partial charge in [-0.05, 0) is 18.6 Å². The monoisotopic (exact) mass is 175 g/mol. The van der Waals surface area contributed by atoms with Gasteiger partial charge in [0.25, 0.3) is 0 Å². The van der Waals surface area contributed by atoms with E-state index in [1.165, 1.54) is 12.1 Å². The van der Waals surface area contributed by atoms with Crippen LogP contribution in [0.4, 0.5) is 5.69 Å². The van der Waals surface area contributed by atoms with Gasteiger partial charge in [-0.2, -0.15) is 0 Å². The summed E-state index contributed by atoms with van der Waals surface area (Å²) >= 11 is 0. The van der Waals surface area contributed by atoms with Crippen LogP contribution in [0.15, 0.2) is 24.5 Å². The molecule has 1 N–H and O–H groups in total. The third kappa shape index (κ3) is 1.11. The van der Waals surface area contributed by atoms with Gasteiger partial charge in [-0.15, -0.1) is 0 Å². The first-order valence-corrected chi connectivity index (χ1v) is 4.83. The molecule has 2 aliphatic heterocycles. The lowest BCUT2D eigenvalue weighted by Crippen LogP contribution is -2.43. The number of hydrogen-bond acceptors (Lipinski definition) is 3. The molecule has 2 bridgehead atoms. The molecular weight excluding hydrogens is 162 g/mol. The summed E-state index contributed by atoms with van der Waals surface area (Å²) in [7, 11) is 0. The quantitative estimate of drug-likeness (QED) is 0.678. The number of nitrogens with one attached hydrogen (secondary N) is 1. The van der Waals surface area contributed by atoms with E-state index in [0.717, 1.165) is 13.1 Å². The van der Waals surface area contributed by atoms with Crippen molar-refractivity contribution in [1.82, 2.24) is 10.3 Å². The smallest absolute Gasteiger partial charge is 0.0556 e. The van der Waals surface area contributed by atoms with Gasteiger partial charge in [-0.25, -0.2) is 0 Å². The molecule has 0 unspecified atom stereocenters. The summed E-state index contributed by atoms with van der Waals surface area (Å²) in [6, 6.07) is 5.57. The highest BCUT2D eigenvalue weighted by Gasteiger charge is 2.37. The molecule has 0 aromatic carbocycles. The number of rotatable bonds is 1. The lowest BCUT2D eigenvalue weighted by atomic mass is 10.2. The zero-order valence-electron chi connectivity index (χ0n) is 7.48. The molecule has 3 heterocycles. The zero-order chi connectivity index (χ0) is 8.67. The SMILES string of the molecule is c1cncc(N2C[C@@H]3C[C@H]2CN3)c1. The fourth-order valence-electron chi connectivity index (χ4n) is 2.40. The van der Waals surface area contributed by atoms with E-state index in [1.54, 1.807) is 0 Å². The Morgan fingerprint density at radius 3 is 3.15 bits per heavy atom. The predicted molar refractivity (Wildman–Crippen MR) is 51.8 cm³/mol. The van der Waals surface area contributed by atoms with Crippen LogP contribution in [0.2, 0.25) is 0 Å². The molecule has 2 fully saturated rings. The van der Waals surface area contributed by atoms with Gasteiger partial charge < -0.3 is 10.2 Å². The minimum Gasteiger partial charge on any atom is -0.364 e. The van der Waals surface area contributed by atoms with Crippen LogP contribution in [0, 0.1) is 0 Å². The summed E-state index contributed by atoms with van der Waals surface area (Å²) in [5.74, 6) is 0. The van der Waals surface area contributed by atoms with Gasteiger partial charge in [-0.3, -0.25) is 4.98 Å². The molecule has 2 aliphatic rings. The van der Waals surface area contributed by atoms with E-state index in [-0.39, 0.29) is 0 Å². The molecule has 1 aromatic rings. The number of fused-ring (bicyclic) bond motifs is 2. The average Bonchev–Trinajstić information content (AvgIpc) is 2.80. The predicted octanol–water partition coefficient (Wildman–Crippen LogP) is 0.632. The van der Waals surface area contributed by atoms with Crippen LogP contribution in [0.25, 0.3) is 0 Å². The number of hydrogen-bond donors (Lipinski definition) is 1. The van der Waals surface area contributed by atoms with E-state index >= 15 is 0 Å². The Bertz CT molecular complexity index is 298. The van der Waals surface area contributed by atoms with Crippen molar-refractivity contribution in [3.63, 3.8) is 0 Å². The van der Waals surface area contributed by atoms with Gasteiger partial charge in [0.05, 0.1) is 11.9 Å². The fraction of sp³-hybridized carbons (Fsp3) is 0.500. The number of pyridine rings is 1. The molecule has 1 aromatic heterocycles. The van der Waals surface area contributed by atoms with E-state index in [9.17, 15) is 0 Å². The maximum Gasteiger partial charge on any atom is 0.0556 e. The van der Waals surface area contributed by atoms with E-state index in [2.05, 4.69) is 21.3 Å². The van der Waals surface area contributed by atoms with Gasteiger partial charge in [0.2, 0.25) is 0 Å². The van der Waals surface area contributed by atoms with E-state index in [0.29, 0.717) is 12.1 Å². The number of anilines is 1. The summed E-state index contributed by atoms with van der Waals surface area (Å²) in [6.45, 7) is 2.29. The molecule has 0 amide bonds. The van der Waals surface area contributed by atoms with Crippen LogP contribution in [-0.2, 0) is 0 Å².